The minimum atomic E-state index is -1.06. The fourth-order valence-corrected chi connectivity index (χ4v) is 6.01. The summed E-state index contributed by atoms with van der Waals surface area (Å²) in [5, 5.41) is 22.2. The van der Waals surface area contributed by atoms with E-state index >= 15 is 0 Å². The molecule has 5 aromatic rings. The number of benzene rings is 2. The topological polar surface area (TPSA) is 126 Å². The molecule has 0 bridgehead atoms. The summed E-state index contributed by atoms with van der Waals surface area (Å²) in [7, 11) is 1.40. The Morgan fingerprint density at radius 1 is 1.10 bits per heavy atom. The van der Waals surface area contributed by atoms with Gasteiger partial charge in [-0.2, -0.15) is 0 Å². The number of pyridine rings is 1. The molecule has 202 valence electrons. The molecule has 1 aliphatic heterocycles. The Morgan fingerprint density at radius 2 is 1.93 bits per heavy atom. The second kappa shape index (κ2) is 9.69. The lowest BCUT2D eigenvalue weighted by Crippen LogP contribution is -2.29. The molecule has 0 radical (unpaired) electrons. The number of aromatic nitrogens is 3. The number of nitrogens with zero attached hydrogens (tertiary/aromatic N) is 4. The molecule has 1 atom stereocenters. The van der Waals surface area contributed by atoms with Crippen LogP contribution < -0.4 is 14.4 Å². The molecule has 0 saturated carbocycles. The average molecular weight is 557 g/mol. The van der Waals surface area contributed by atoms with E-state index in [0.717, 1.165) is 4.70 Å². The van der Waals surface area contributed by atoms with Crippen LogP contribution in [0, 0.1) is 6.92 Å². The number of ketones is 1. The second-order valence-corrected chi connectivity index (χ2v) is 10.1. The van der Waals surface area contributed by atoms with Crippen molar-refractivity contribution in [3.8, 4) is 17.2 Å². The lowest BCUT2D eigenvalue weighted by molar-refractivity contribution is -0.132. The molecular formula is C29H24N4O6S. The van der Waals surface area contributed by atoms with E-state index in [1.807, 2.05) is 19.1 Å². The van der Waals surface area contributed by atoms with Crippen molar-refractivity contribution < 1.29 is 29.3 Å². The number of hydrogen-bond acceptors (Lipinski definition) is 9. The van der Waals surface area contributed by atoms with Gasteiger partial charge in [-0.15, -0.1) is 0 Å². The minimum absolute atomic E-state index is 0.107. The molecular weight excluding hydrogens is 532 g/mol. The van der Waals surface area contributed by atoms with Crippen molar-refractivity contribution in [2.45, 2.75) is 19.9 Å². The van der Waals surface area contributed by atoms with Crippen LogP contribution in [0.2, 0.25) is 0 Å². The number of phenols is 1. The predicted molar refractivity (Wildman–Crippen MR) is 150 cm³/mol. The number of aromatic hydroxyl groups is 1. The number of hydrogen-bond donors (Lipinski definition) is 2. The Morgan fingerprint density at radius 3 is 2.70 bits per heavy atom. The molecule has 10 nitrogen and oxygen atoms in total. The van der Waals surface area contributed by atoms with Crippen molar-refractivity contribution in [3.63, 3.8) is 0 Å². The largest absolute Gasteiger partial charge is 0.505 e. The average Bonchev–Trinajstić information content (AvgIpc) is 3.59. The van der Waals surface area contributed by atoms with Gasteiger partial charge in [0.05, 0.1) is 41.2 Å². The summed E-state index contributed by atoms with van der Waals surface area (Å²) in [6, 6.07) is 14.3. The number of methoxy groups -OCH3 is 1. The standard InChI is InChI=1S/C29H24N4O6S/c1-4-39-17-9-10-18-21(14-17)40-29(31-18)33-25(16-8-11-19(34)20(13-16)38-3)23(27(36)28(33)37)26(35)24-15(2)30-22-7-5-6-12-32(22)24/h5-14,25,34-35H,4H2,1-3H3. The van der Waals surface area contributed by atoms with Gasteiger partial charge in [0.1, 0.15) is 17.1 Å². The number of ether oxygens (including phenoxy) is 2. The molecule has 2 N–H and O–H groups in total. The van der Waals surface area contributed by atoms with Crippen LogP contribution >= 0.6 is 11.3 Å². The first-order valence-corrected chi connectivity index (χ1v) is 13.3. The third-order valence-corrected chi connectivity index (χ3v) is 7.78. The number of carbonyl (C=O) groups excluding carboxylic acids is 2. The Hall–Kier alpha value is -4.90. The first kappa shape index (κ1) is 25.4. The zero-order valence-corrected chi connectivity index (χ0v) is 22.6. The fourth-order valence-electron chi connectivity index (χ4n) is 4.99. The molecule has 11 heteroatoms. The molecule has 0 spiro atoms. The van der Waals surface area contributed by atoms with Crippen LogP contribution in [0.1, 0.15) is 29.9 Å². The van der Waals surface area contributed by atoms with E-state index in [9.17, 15) is 19.8 Å². The normalized spacial score (nSPS) is 16.8. The molecule has 1 aliphatic rings. The van der Waals surface area contributed by atoms with Crippen molar-refractivity contribution in [3.05, 3.63) is 83.3 Å². The van der Waals surface area contributed by atoms with Gasteiger partial charge in [0.15, 0.2) is 22.4 Å². The fraction of sp³-hybridized carbons (Fsp3) is 0.172. The van der Waals surface area contributed by atoms with Gasteiger partial charge in [-0.25, -0.2) is 9.97 Å². The van der Waals surface area contributed by atoms with Crippen molar-refractivity contribution in [2.75, 3.05) is 18.6 Å². The molecule has 1 unspecified atom stereocenters. The van der Waals surface area contributed by atoms with Gasteiger partial charge in [0, 0.05) is 6.20 Å². The highest BCUT2D eigenvalue weighted by Gasteiger charge is 2.49. The summed E-state index contributed by atoms with van der Waals surface area (Å²) < 4.78 is 13.4. The molecule has 6 rings (SSSR count). The maximum atomic E-state index is 13.7. The van der Waals surface area contributed by atoms with Gasteiger partial charge >= 0.3 is 5.91 Å². The highest BCUT2D eigenvalue weighted by Crippen LogP contribution is 2.46. The van der Waals surface area contributed by atoms with E-state index in [1.54, 1.807) is 47.9 Å². The van der Waals surface area contributed by atoms with Crippen LogP contribution in [0.15, 0.2) is 66.4 Å². The number of amides is 1. The van der Waals surface area contributed by atoms with Gasteiger partial charge in [-0.1, -0.05) is 23.5 Å². The highest BCUT2D eigenvalue weighted by molar-refractivity contribution is 7.22. The Bertz CT molecular complexity index is 1860. The lowest BCUT2D eigenvalue weighted by Gasteiger charge is -2.23. The number of fused-ring (bicyclic) bond motifs is 2. The molecule has 40 heavy (non-hydrogen) atoms. The summed E-state index contributed by atoms with van der Waals surface area (Å²) >= 11 is 1.23. The summed E-state index contributed by atoms with van der Waals surface area (Å²) in [5.74, 6) is -1.36. The van der Waals surface area contributed by atoms with E-state index in [1.165, 1.54) is 35.5 Å². The van der Waals surface area contributed by atoms with Crippen molar-refractivity contribution in [1.82, 2.24) is 14.4 Å². The van der Waals surface area contributed by atoms with Crippen LogP contribution in [-0.2, 0) is 9.59 Å². The van der Waals surface area contributed by atoms with Crippen LogP contribution in [0.4, 0.5) is 5.13 Å². The number of imidazole rings is 1. The molecule has 1 saturated heterocycles. The van der Waals surface area contributed by atoms with E-state index in [0.29, 0.717) is 40.5 Å². The van der Waals surface area contributed by atoms with Crippen LogP contribution in [0.3, 0.4) is 0 Å². The number of phenolic OH excluding ortho intramolecular Hbond substituents is 1. The third kappa shape index (κ3) is 3.93. The molecule has 1 amide bonds. The monoisotopic (exact) mass is 556 g/mol. The van der Waals surface area contributed by atoms with Gasteiger partial charge in [-0.3, -0.25) is 18.9 Å². The van der Waals surface area contributed by atoms with Crippen LogP contribution in [0.5, 0.6) is 17.2 Å². The number of carbonyl (C=O) groups is 2. The second-order valence-electron chi connectivity index (χ2n) is 9.13. The number of aliphatic hydroxyl groups is 1. The minimum Gasteiger partial charge on any atom is -0.505 e. The number of aryl methyl sites for hydroxylation is 1. The number of rotatable bonds is 6. The summed E-state index contributed by atoms with van der Waals surface area (Å²) in [6.45, 7) is 4.11. The van der Waals surface area contributed by atoms with E-state index in [4.69, 9.17) is 9.47 Å². The van der Waals surface area contributed by atoms with Crippen molar-refractivity contribution >= 4 is 49.8 Å². The number of anilines is 1. The first-order valence-electron chi connectivity index (χ1n) is 12.5. The third-order valence-electron chi connectivity index (χ3n) is 6.76. The Kier molecular flexibility index (Phi) is 6.15. The van der Waals surface area contributed by atoms with Gasteiger partial charge in [0.2, 0.25) is 0 Å². The predicted octanol–water partition coefficient (Wildman–Crippen LogP) is 4.99. The Balaban J connectivity index is 1.59. The van der Waals surface area contributed by atoms with E-state index < -0.39 is 17.7 Å². The maximum Gasteiger partial charge on any atom is 0.301 e. The van der Waals surface area contributed by atoms with Crippen LogP contribution in [0.25, 0.3) is 21.6 Å². The van der Waals surface area contributed by atoms with Gasteiger partial charge in [-0.05, 0) is 61.9 Å². The van der Waals surface area contributed by atoms with Crippen LogP contribution in [-0.4, -0.2) is 50.0 Å². The number of aliphatic hydroxyl groups excluding tert-OH is 1. The maximum absolute atomic E-state index is 13.7. The molecule has 1 fully saturated rings. The van der Waals surface area contributed by atoms with Gasteiger partial charge in [0.25, 0.3) is 5.78 Å². The molecule has 2 aromatic carbocycles. The summed E-state index contributed by atoms with van der Waals surface area (Å²) in [5.41, 5.74) is 2.31. The number of Topliss-reactive ketones (excluding diaryl/α,β-unsaturated/α-hetero) is 1. The van der Waals surface area contributed by atoms with Crippen molar-refractivity contribution in [1.29, 1.82) is 0 Å². The van der Waals surface area contributed by atoms with E-state index in [2.05, 4.69) is 9.97 Å². The molecule has 4 heterocycles. The zero-order valence-electron chi connectivity index (χ0n) is 21.8. The summed E-state index contributed by atoms with van der Waals surface area (Å²) in [6.07, 6.45) is 1.72. The Labute approximate surface area is 232 Å². The summed E-state index contributed by atoms with van der Waals surface area (Å²) in [4.78, 5) is 37.8. The molecule has 0 aliphatic carbocycles. The SMILES string of the molecule is CCOc1ccc2nc(N3C(=O)C(=O)C(=C(O)c4c(C)nc5ccccn45)C3c3ccc(O)c(OC)c3)sc2c1. The highest BCUT2D eigenvalue weighted by atomic mass is 32.1. The number of thiazole rings is 1. The van der Waals surface area contributed by atoms with E-state index in [-0.39, 0.29) is 28.0 Å². The van der Waals surface area contributed by atoms with Gasteiger partial charge < -0.3 is 19.7 Å². The zero-order chi connectivity index (χ0) is 28.1. The lowest BCUT2D eigenvalue weighted by atomic mass is 9.96. The smallest absolute Gasteiger partial charge is 0.301 e. The quantitative estimate of drug-likeness (QED) is 0.170. The first-order chi connectivity index (χ1) is 19.3. The molecule has 3 aromatic heterocycles. The van der Waals surface area contributed by atoms with Crippen molar-refractivity contribution in [2.24, 2.45) is 0 Å².